The van der Waals surface area contributed by atoms with Gasteiger partial charge in [-0.25, -0.2) is 0 Å². The molecule has 0 saturated carbocycles. The second-order valence-corrected chi connectivity index (χ2v) is 5.99. The molecule has 44 valence electrons. The molecule has 0 radical (unpaired) electrons. The molecular weight excluding hydrogens is 144 g/mol. The minimum absolute atomic E-state index is 0.752. The summed E-state index contributed by atoms with van der Waals surface area (Å²) in [4.78, 5) is 0. The van der Waals surface area contributed by atoms with E-state index in [0.29, 0.717) is 0 Å². The van der Waals surface area contributed by atoms with Crippen molar-refractivity contribution in [2.75, 3.05) is 5.88 Å². The Bertz CT molecular complexity index is 43.9. The van der Waals surface area contributed by atoms with Gasteiger partial charge in [0.1, 0.15) is 10.5 Å². The van der Waals surface area contributed by atoms with Crippen LogP contribution in [0.15, 0.2) is 0 Å². The summed E-state index contributed by atoms with van der Waals surface area (Å²) in [5.41, 5.74) is 0. The maximum Gasteiger partial charge on any atom is 0.160 e. The molecule has 0 saturated heterocycles. The molecule has 0 fully saturated rings. The van der Waals surface area contributed by atoms with Crippen molar-refractivity contribution in [2.45, 2.75) is 12.6 Å². The summed E-state index contributed by atoms with van der Waals surface area (Å²) in [6.07, 6.45) is 0. The summed E-state index contributed by atoms with van der Waals surface area (Å²) in [7, 11) is 0.139. The van der Waals surface area contributed by atoms with E-state index in [9.17, 15) is 0 Å². The van der Waals surface area contributed by atoms with Crippen LogP contribution in [0.2, 0.25) is 12.6 Å². The first kappa shape index (κ1) is 7.68. The summed E-state index contributed by atoms with van der Waals surface area (Å²) in [5, 5.41) is 0. The van der Waals surface area contributed by atoms with E-state index in [-0.39, 0.29) is 0 Å². The standard InChI is InChI=1S/C3H11ClOSi2/c1-7(5-6)3-2-4/h7H,2-3H2,1,6H3. The molecule has 1 unspecified atom stereocenters. The molecule has 0 aliphatic heterocycles. The van der Waals surface area contributed by atoms with Crippen LogP contribution < -0.4 is 0 Å². The van der Waals surface area contributed by atoms with Crippen molar-refractivity contribution < 1.29 is 4.12 Å². The van der Waals surface area contributed by atoms with Gasteiger partial charge in [-0.1, -0.05) is 0 Å². The molecule has 0 aromatic carbocycles. The van der Waals surface area contributed by atoms with E-state index in [1.807, 2.05) is 0 Å². The maximum absolute atomic E-state index is 5.45. The minimum Gasteiger partial charge on any atom is -0.466 e. The van der Waals surface area contributed by atoms with Crippen LogP contribution in [0.1, 0.15) is 0 Å². The number of halogens is 1. The third-order valence-corrected chi connectivity index (χ3v) is 5.82. The lowest BCUT2D eigenvalue weighted by Gasteiger charge is -2.02. The Morgan fingerprint density at radius 2 is 2.43 bits per heavy atom. The van der Waals surface area contributed by atoms with Crippen LogP contribution >= 0.6 is 11.6 Å². The topological polar surface area (TPSA) is 9.23 Å². The van der Waals surface area contributed by atoms with Crippen LogP contribution in [-0.4, -0.2) is 25.4 Å². The third-order valence-electron chi connectivity index (χ3n) is 0.918. The van der Waals surface area contributed by atoms with Crippen molar-refractivity contribution in [3.63, 3.8) is 0 Å². The summed E-state index contributed by atoms with van der Waals surface area (Å²) in [6, 6.07) is 1.12. The molecule has 1 atom stereocenters. The SMILES string of the molecule is C[SiH](CCCl)O[SiH3]. The molecule has 7 heavy (non-hydrogen) atoms. The van der Waals surface area contributed by atoms with Crippen molar-refractivity contribution in [3.8, 4) is 0 Å². The first-order valence-electron chi connectivity index (χ1n) is 2.40. The zero-order valence-corrected chi connectivity index (χ0v) is 8.69. The molecule has 0 amide bonds. The largest absolute Gasteiger partial charge is 0.466 e. The van der Waals surface area contributed by atoms with Gasteiger partial charge in [-0.05, 0) is 12.6 Å². The summed E-state index contributed by atoms with van der Waals surface area (Å²) < 4.78 is 5.18. The quantitative estimate of drug-likeness (QED) is 0.407. The molecular formula is C3H11ClOSi2. The van der Waals surface area contributed by atoms with Gasteiger partial charge in [0.2, 0.25) is 0 Å². The van der Waals surface area contributed by atoms with E-state index in [0.717, 1.165) is 22.4 Å². The van der Waals surface area contributed by atoms with Gasteiger partial charge in [0.15, 0.2) is 9.04 Å². The Hall–Kier alpha value is 0.684. The predicted octanol–water partition coefficient (Wildman–Crippen LogP) is -0.124. The monoisotopic (exact) mass is 154 g/mol. The molecule has 0 aliphatic rings. The maximum atomic E-state index is 5.45. The minimum atomic E-state index is -0.752. The third kappa shape index (κ3) is 4.54. The van der Waals surface area contributed by atoms with E-state index in [1.54, 1.807) is 0 Å². The second kappa shape index (κ2) is 4.83. The Labute approximate surface area is 54.3 Å². The summed E-state index contributed by atoms with van der Waals surface area (Å²) >= 11 is 5.45. The smallest absolute Gasteiger partial charge is 0.160 e. The number of hydrogen-bond acceptors (Lipinski definition) is 1. The van der Waals surface area contributed by atoms with E-state index in [1.165, 1.54) is 0 Å². The second-order valence-electron chi connectivity index (χ2n) is 1.52. The molecule has 0 aromatic heterocycles. The predicted molar refractivity (Wildman–Crippen MR) is 39.6 cm³/mol. The molecule has 0 aliphatic carbocycles. The van der Waals surface area contributed by atoms with Crippen molar-refractivity contribution >= 4 is 31.1 Å². The lowest BCUT2D eigenvalue weighted by atomic mass is 11.0. The fourth-order valence-electron chi connectivity index (χ4n) is 0.272. The molecule has 0 rings (SSSR count). The highest BCUT2D eigenvalue weighted by Crippen LogP contribution is 1.92. The fraction of sp³-hybridized carbons (Fsp3) is 1.00. The average molecular weight is 155 g/mol. The molecule has 4 heteroatoms. The van der Waals surface area contributed by atoms with Gasteiger partial charge in [-0.2, -0.15) is 0 Å². The highest BCUT2D eigenvalue weighted by molar-refractivity contribution is 6.55. The molecule has 1 nitrogen and oxygen atoms in total. The van der Waals surface area contributed by atoms with Crippen LogP contribution in [0.5, 0.6) is 0 Å². The molecule has 0 bridgehead atoms. The van der Waals surface area contributed by atoms with Gasteiger partial charge in [-0.15, -0.1) is 11.6 Å². The van der Waals surface area contributed by atoms with E-state index < -0.39 is 9.04 Å². The average Bonchev–Trinajstić information content (AvgIpc) is 1.68. The van der Waals surface area contributed by atoms with Gasteiger partial charge < -0.3 is 4.12 Å². The Morgan fingerprint density at radius 3 is 2.57 bits per heavy atom. The molecule has 0 spiro atoms. The van der Waals surface area contributed by atoms with E-state index in [4.69, 9.17) is 15.7 Å². The van der Waals surface area contributed by atoms with Crippen LogP contribution in [-0.2, 0) is 4.12 Å². The van der Waals surface area contributed by atoms with Gasteiger partial charge >= 0.3 is 0 Å². The van der Waals surface area contributed by atoms with Crippen LogP contribution in [0, 0.1) is 0 Å². The fourth-order valence-corrected chi connectivity index (χ4v) is 2.44. The van der Waals surface area contributed by atoms with E-state index in [2.05, 4.69) is 6.55 Å². The van der Waals surface area contributed by atoms with Gasteiger partial charge in [0.05, 0.1) is 0 Å². The lowest BCUT2D eigenvalue weighted by Crippen LogP contribution is -2.10. The number of hydrogen-bond donors (Lipinski definition) is 0. The van der Waals surface area contributed by atoms with Crippen molar-refractivity contribution in [3.05, 3.63) is 0 Å². The number of alkyl halides is 1. The van der Waals surface area contributed by atoms with Gasteiger partial charge in [0, 0.05) is 5.88 Å². The first-order chi connectivity index (χ1) is 3.31. The lowest BCUT2D eigenvalue weighted by molar-refractivity contribution is 0.639. The zero-order valence-electron chi connectivity index (χ0n) is 4.78. The van der Waals surface area contributed by atoms with Crippen LogP contribution in [0.25, 0.3) is 0 Å². The van der Waals surface area contributed by atoms with E-state index >= 15 is 0 Å². The van der Waals surface area contributed by atoms with Gasteiger partial charge in [-0.3, -0.25) is 0 Å². The summed E-state index contributed by atoms with van der Waals surface area (Å²) in [6.45, 7) is 2.18. The molecule has 0 heterocycles. The summed E-state index contributed by atoms with van der Waals surface area (Å²) in [5.74, 6) is 0.773. The van der Waals surface area contributed by atoms with Crippen LogP contribution in [0.4, 0.5) is 0 Å². The normalized spacial score (nSPS) is 14.6. The van der Waals surface area contributed by atoms with Crippen molar-refractivity contribution in [2.24, 2.45) is 0 Å². The van der Waals surface area contributed by atoms with Crippen molar-refractivity contribution in [1.29, 1.82) is 0 Å². The Balaban J connectivity index is 2.83. The highest BCUT2D eigenvalue weighted by Gasteiger charge is 1.96. The first-order valence-corrected chi connectivity index (χ1v) is 6.19. The molecule has 0 N–H and O–H groups in total. The molecule has 0 aromatic rings. The van der Waals surface area contributed by atoms with Gasteiger partial charge in [0.25, 0.3) is 0 Å². The Kier molecular flexibility index (Phi) is 5.31. The zero-order chi connectivity index (χ0) is 5.70. The van der Waals surface area contributed by atoms with Crippen molar-refractivity contribution in [1.82, 2.24) is 0 Å². The number of rotatable bonds is 3. The van der Waals surface area contributed by atoms with Crippen LogP contribution in [0.3, 0.4) is 0 Å². The Morgan fingerprint density at radius 1 is 1.86 bits per heavy atom. The highest BCUT2D eigenvalue weighted by atomic mass is 35.5.